The summed E-state index contributed by atoms with van der Waals surface area (Å²) >= 11 is 7.50. The van der Waals surface area contributed by atoms with Gasteiger partial charge in [0, 0.05) is 10.4 Å². The Kier molecular flexibility index (Phi) is 6.50. The number of amides is 1. The van der Waals surface area contributed by atoms with Gasteiger partial charge in [-0.25, -0.2) is 4.98 Å². The average Bonchev–Trinajstić information content (AvgIpc) is 3.09. The highest BCUT2D eigenvalue weighted by Gasteiger charge is 2.41. The lowest BCUT2D eigenvalue weighted by atomic mass is 9.69. The van der Waals surface area contributed by atoms with Gasteiger partial charge in [-0.2, -0.15) is 0 Å². The summed E-state index contributed by atoms with van der Waals surface area (Å²) in [5, 5.41) is 5.89. The second kappa shape index (κ2) is 8.85. The van der Waals surface area contributed by atoms with Gasteiger partial charge in [-0.15, -0.1) is 11.3 Å². The average molecular weight is 407 g/mol. The van der Waals surface area contributed by atoms with E-state index >= 15 is 0 Å². The van der Waals surface area contributed by atoms with Crippen molar-refractivity contribution in [2.45, 2.75) is 50.9 Å². The number of ether oxygens (including phenoxy) is 1. The molecule has 2 aromatic rings. The Morgan fingerprint density at radius 1 is 1.30 bits per heavy atom. The number of hydrogen-bond donors (Lipinski definition) is 1. The highest BCUT2D eigenvalue weighted by Crippen LogP contribution is 2.41. The maximum absolute atomic E-state index is 13.3. The smallest absolute Gasteiger partial charge is 0.311 e. The molecule has 1 aromatic heterocycles. The molecule has 1 N–H and O–H groups in total. The van der Waals surface area contributed by atoms with Crippen molar-refractivity contribution in [3.05, 3.63) is 45.9 Å². The molecule has 0 spiro atoms. The first-order valence-electron chi connectivity index (χ1n) is 9.21. The predicted molar refractivity (Wildman–Crippen MR) is 107 cm³/mol. The van der Waals surface area contributed by atoms with Crippen LogP contribution in [0.15, 0.2) is 29.6 Å². The van der Waals surface area contributed by atoms with Gasteiger partial charge in [0.05, 0.1) is 24.1 Å². The molecule has 1 fully saturated rings. The van der Waals surface area contributed by atoms with Crippen LogP contribution in [0.5, 0.6) is 0 Å². The largest absolute Gasteiger partial charge is 0.466 e. The minimum atomic E-state index is -0.587. The van der Waals surface area contributed by atoms with Crippen LogP contribution in [-0.4, -0.2) is 23.5 Å². The molecule has 0 radical (unpaired) electrons. The van der Waals surface area contributed by atoms with E-state index in [0.717, 1.165) is 37.7 Å². The molecule has 1 heterocycles. The maximum atomic E-state index is 13.3. The normalized spacial score (nSPS) is 15.9. The highest BCUT2D eigenvalue weighted by atomic mass is 35.5. The zero-order valence-corrected chi connectivity index (χ0v) is 16.9. The fourth-order valence-electron chi connectivity index (χ4n) is 3.61. The second-order valence-electron chi connectivity index (χ2n) is 6.73. The summed E-state index contributed by atoms with van der Waals surface area (Å²) in [6, 6.07) is 7.58. The molecule has 27 heavy (non-hydrogen) atoms. The van der Waals surface area contributed by atoms with Gasteiger partial charge >= 0.3 is 5.97 Å². The van der Waals surface area contributed by atoms with Crippen LogP contribution in [0.4, 0.5) is 5.13 Å². The Balaban J connectivity index is 1.78. The molecule has 1 saturated carbocycles. The molecular weight excluding hydrogens is 384 g/mol. The van der Waals surface area contributed by atoms with Gasteiger partial charge in [0.1, 0.15) is 0 Å². The number of benzene rings is 1. The molecule has 0 saturated heterocycles. The Labute approximate surface area is 168 Å². The van der Waals surface area contributed by atoms with E-state index in [1.165, 1.54) is 11.3 Å². The van der Waals surface area contributed by atoms with Crippen molar-refractivity contribution in [2.24, 2.45) is 0 Å². The molecule has 7 heteroatoms. The summed E-state index contributed by atoms with van der Waals surface area (Å²) in [5.74, 6) is -0.371. The minimum absolute atomic E-state index is 0.0542. The number of carbonyl (C=O) groups excluding carboxylic acids is 2. The van der Waals surface area contributed by atoms with Gasteiger partial charge in [0.15, 0.2) is 5.13 Å². The lowest BCUT2D eigenvalue weighted by molar-refractivity contribution is -0.142. The minimum Gasteiger partial charge on any atom is -0.466 e. The number of carbonyl (C=O) groups is 2. The van der Waals surface area contributed by atoms with Crippen LogP contribution < -0.4 is 5.32 Å². The molecular formula is C20H23ClN2O3S. The number of esters is 1. The van der Waals surface area contributed by atoms with Gasteiger partial charge in [-0.1, -0.05) is 43.0 Å². The summed E-state index contributed by atoms with van der Waals surface area (Å²) in [7, 11) is 0. The lowest BCUT2D eigenvalue weighted by Gasteiger charge is -2.36. The summed E-state index contributed by atoms with van der Waals surface area (Å²) in [6.45, 7) is 2.11. The molecule has 1 aliphatic rings. The SMILES string of the molecule is CCOC(=O)Cc1csc(NC(=O)C2(c3cccc(Cl)c3)CCCCC2)n1. The van der Waals surface area contributed by atoms with Crippen LogP contribution in [0, 0.1) is 0 Å². The van der Waals surface area contributed by atoms with E-state index in [-0.39, 0.29) is 18.3 Å². The van der Waals surface area contributed by atoms with Crippen molar-refractivity contribution in [3.63, 3.8) is 0 Å². The van der Waals surface area contributed by atoms with Crippen LogP contribution in [0.3, 0.4) is 0 Å². The number of hydrogen-bond acceptors (Lipinski definition) is 5. The summed E-state index contributed by atoms with van der Waals surface area (Å²) in [4.78, 5) is 29.2. The van der Waals surface area contributed by atoms with Crippen molar-refractivity contribution in [1.29, 1.82) is 0 Å². The molecule has 0 aliphatic heterocycles. The highest BCUT2D eigenvalue weighted by molar-refractivity contribution is 7.14. The third-order valence-corrected chi connectivity index (χ3v) is 5.96. The molecule has 0 unspecified atom stereocenters. The quantitative estimate of drug-likeness (QED) is 0.703. The van der Waals surface area contributed by atoms with E-state index in [1.54, 1.807) is 12.3 Å². The standard InChI is InChI=1S/C20H23ClN2O3S/c1-2-26-17(24)12-16-13-27-19(22-16)23-18(25)20(9-4-3-5-10-20)14-7-6-8-15(21)11-14/h6-8,11,13H,2-5,9-10,12H2,1H3,(H,22,23,25). The predicted octanol–water partition coefficient (Wildman–Crippen LogP) is 4.74. The third kappa shape index (κ3) is 4.68. The van der Waals surface area contributed by atoms with Crippen molar-refractivity contribution >= 4 is 39.9 Å². The Morgan fingerprint density at radius 2 is 2.07 bits per heavy atom. The number of rotatable bonds is 6. The second-order valence-corrected chi connectivity index (χ2v) is 8.03. The van der Waals surface area contributed by atoms with E-state index in [1.807, 2.05) is 24.3 Å². The first-order valence-corrected chi connectivity index (χ1v) is 10.5. The number of anilines is 1. The Morgan fingerprint density at radius 3 is 2.78 bits per heavy atom. The summed E-state index contributed by atoms with van der Waals surface area (Å²) < 4.78 is 4.94. The third-order valence-electron chi connectivity index (χ3n) is 4.92. The number of halogens is 1. The van der Waals surface area contributed by atoms with Crippen LogP contribution in [0.25, 0.3) is 0 Å². The van der Waals surface area contributed by atoms with Gasteiger partial charge in [0.25, 0.3) is 0 Å². The summed E-state index contributed by atoms with van der Waals surface area (Å²) in [5.41, 5.74) is 0.973. The fourth-order valence-corrected chi connectivity index (χ4v) is 4.51. The van der Waals surface area contributed by atoms with Crippen molar-refractivity contribution in [3.8, 4) is 0 Å². The maximum Gasteiger partial charge on any atom is 0.311 e. The van der Waals surface area contributed by atoms with Gasteiger partial charge in [-0.3, -0.25) is 9.59 Å². The van der Waals surface area contributed by atoms with E-state index in [2.05, 4.69) is 10.3 Å². The Hall–Kier alpha value is -1.92. The van der Waals surface area contributed by atoms with E-state index in [4.69, 9.17) is 16.3 Å². The molecule has 144 valence electrons. The number of aromatic nitrogens is 1. The number of thiazole rings is 1. The summed E-state index contributed by atoms with van der Waals surface area (Å²) in [6.07, 6.45) is 4.84. The molecule has 1 amide bonds. The molecule has 0 atom stereocenters. The fraction of sp³-hybridized carbons (Fsp3) is 0.450. The topological polar surface area (TPSA) is 68.3 Å². The van der Waals surface area contributed by atoms with Crippen LogP contribution in [0.1, 0.15) is 50.3 Å². The van der Waals surface area contributed by atoms with Gasteiger partial charge in [-0.05, 0) is 37.5 Å². The first-order chi connectivity index (χ1) is 13.0. The number of nitrogens with one attached hydrogen (secondary N) is 1. The Bertz CT molecular complexity index is 815. The molecule has 0 bridgehead atoms. The van der Waals surface area contributed by atoms with Gasteiger partial charge < -0.3 is 10.1 Å². The van der Waals surface area contributed by atoms with Crippen LogP contribution >= 0.6 is 22.9 Å². The van der Waals surface area contributed by atoms with E-state index < -0.39 is 5.41 Å². The monoisotopic (exact) mass is 406 g/mol. The number of nitrogens with zero attached hydrogens (tertiary/aromatic N) is 1. The van der Waals surface area contributed by atoms with Crippen molar-refractivity contribution in [2.75, 3.05) is 11.9 Å². The van der Waals surface area contributed by atoms with Gasteiger partial charge in [0.2, 0.25) is 5.91 Å². The molecule has 5 nitrogen and oxygen atoms in total. The molecule has 3 rings (SSSR count). The molecule has 1 aliphatic carbocycles. The van der Waals surface area contributed by atoms with Crippen LogP contribution in [-0.2, 0) is 26.2 Å². The zero-order chi connectivity index (χ0) is 19.3. The van der Waals surface area contributed by atoms with Crippen molar-refractivity contribution in [1.82, 2.24) is 4.98 Å². The lowest BCUT2D eigenvalue weighted by Crippen LogP contribution is -2.42. The van der Waals surface area contributed by atoms with E-state index in [0.29, 0.717) is 22.5 Å². The molecule has 1 aromatic carbocycles. The zero-order valence-electron chi connectivity index (χ0n) is 15.3. The van der Waals surface area contributed by atoms with Crippen LogP contribution in [0.2, 0.25) is 5.02 Å². The first kappa shape index (κ1) is 19.8. The van der Waals surface area contributed by atoms with E-state index in [9.17, 15) is 9.59 Å². The van der Waals surface area contributed by atoms with Crippen molar-refractivity contribution < 1.29 is 14.3 Å².